The molecule has 2 nitrogen and oxygen atoms in total. The van der Waals surface area contributed by atoms with Gasteiger partial charge in [0.15, 0.2) is 5.69 Å². The molecule has 0 spiro atoms. The van der Waals surface area contributed by atoms with Crippen LogP contribution in [0.2, 0.25) is 0 Å². The highest BCUT2D eigenvalue weighted by atomic mass is 19.4. The number of hydrogen-bond donors (Lipinski definition) is 1. The molecular weight excluding hydrogens is 274 g/mol. The summed E-state index contributed by atoms with van der Waals surface area (Å²) in [6.07, 6.45) is -8.62. The van der Waals surface area contributed by atoms with E-state index in [2.05, 4.69) is 10.3 Å². The maximum Gasteiger partial charge on any atom is 0.434 e. The van der Waals surface area contributed by atoms with Crippen molar-refractivity contribution < 1.29 is 26.3 Å². The van der Waals surface area contributed by atoms with E-state index in [1.165, 1.54) is 0 Å². The van der Waals surface area contributed by atoms with Crippen LogP contribution in [0, 0.1) is 0 Å². The largest absolute Gasteiger partial charge is 0.434 e. The number of nitrogens with one attached hydrogen (secondary N) is 1. The Morgan fingerprint density at radius 3 is 2.26 bits per heavy atom. The number of hydrogen-bond acceptors (Lipinski definition) is 2. The van der Waals surface area contributed by atoms with Crippen molar-refractivity contribution in [3.63, 3.8) is 0 Å². The SMILES string of the molecule is FC(F)(F)c1cc2c(nc1C(F)(F)F)NCCCC2. The molecule has 0 radical (unpaired) electrons. The zero-order valence-corrected chi connectivity index (χ0v) is 9.62. The molecule has 0 saturated heterocycles. The molecular formula is C11H10F6N2. The van der Waals surface area contributed by atoms with Crippen LogP contribution in [-0.2, 0) is 18.8 Å². The van der Waals surface area contributed by atoms with Crippen molar-refractivity contribution in [3.8, 4) is 0 Å². The lowest BCUT2D eigenvalue weighted by Gasteiger charge is -2.17. The third-order valence-electron chi connectivity index (χ3n) is 2.84. The summed E-state index contributed by atoms with van der Waals surface area (Å²) < 4.78 is 76.0. The fraction of sp³-hybridized carbons (Fsp3) is 0.545. The van der Waals surface area contributed by atoms with Gasteiger partial charge >= 0.3 is 12.4 Å². The first-order chi connectivity index (χ1) is 8.69. The van der Waals surface area contributed by atoms with Gasteiger partial charge in [-0.25, -0.2) is 4.98 Å². The van der Waals surface area contributed by atoms with E-state index in [9.17, 15) is 26.3 Å². The van der Waals surface area contributed by atoms with E-state index in [4.69, 9.17) is 0 Å². The minimum absolute atomic E-state index is 0.0992. The van der Waals surface area contributed by atoms with Gasteiger partial charge in [-0.3, -0.25) is 0 Å². The van der Waals surface area contributed by atoms with E-state index in [1.54, 1.807) is 0 Å². The minimum atomic E-state index is -5.13. The molecule has 0 aromatic carbocycles. The summed E-state index contributed by atoms with van der Waals surface area (Å²) in [5, 5.41) is 2.64. The van der Waals surface area contributed by atoms with E-state index in [1.807, 2.05) is 0 Å². The first kappa shape index (κ1) is 14.0. The lowest BCUT2D eigenvalue weighted by molar-refractivity contribution is -0.164. The fourth-order valence-corrected chi connectivity index (χ4v) is 1.98. The predicted molar refractivity (Wildman–Crippen MR) is 55.7 cm³/mol. The number of alkyl halides is 6. The van der Waals surface area contributed by atoms with Gasteiger partial charge < -0.3 is 5.32 Å². The maximum atomic E-state index is 12.7. The summed E-state index contributed by atoms with van der Waals surface area (Å²) in [6.45, 7) is 0.405. The summed E-state index contributed by atoms with van der Waals surface area (Å²) in [7, 11) is 0. The van der Waals surface area contributed by atoms with E-state index in [0.717, 1.165) is 0 Å². The van der Waals surface area contributed by atoms with Crippen LogP contribution in [0.15, 0.2) is 6.07 Å². The molecule has 0 saturated carbocycles. The van der Waals surface area contributed by atoms with Gasteiger partial charge in [-0.2, -0.15) is 26.3 Å². The molecule has 1 aliphatic heterocycles. The second-order valence-electron chi connectivity index (χ2n) is 4.27. The number of aromatic nitrogens is 1. The van der Waals surface area contributed by atoms with Gasteiger partial charge in [-0.05, 0) is 30.9 Å². The molecule has 2 rings (SSSR count). The Balaban J connectivity index is 2.61. The molecule has 0 bridgehead atoms. The van der Waals surface area contributed by atoms with Crippen LogP contribution in [0.25, 0.3) is 0 Å². The molecule has 0 unspecified atom stereocenters. The Bertz CT molecular complexity index is 434. The molecule has 1 N–H and O–H groups in total. The van der Waals surface area contributed by atoms with Crippen molar-refractivity contribution in [2.45, 2.75) is 31.6 Å². The molecule has 1 aliphatic rings. The first-order valence-electron chi connectivity index (χ1n) is 5.62. The zero-order valence-electron chi connectivity index (χ0n) is 9.62. The minimum Gasteiger partial charge on any atom is -0.370 e. The molecule has 0 amide bonds. The highest BCUT2D eigenvalue weighted by Crippen LogP contribution is 2.41. The van der Waals surface area contributed by atoms with Crippen molar-refractivity contribution in [2.24, 2.45) is 0 Å². The maximum absolute atomic E-state index is 12.7. The quantitative estimate of drug-likeness (QED) is 0.732. The number of anilines is 1. The number of rotatable bonds is 0. The van der Waals surface area contributed by atoms with E-state index < -0.39 is 23.6 Å². The van der Waals surface area contributed by atoms with Crippen molar-refractivity contribution in [1.29, 1.82) is 0 Å². The summed E-state index contributed by atoms with van der Waals surface area (Å²) in [5.74, 6) is -0.0992. The first-order valence-corrected chi connectivity index (χ1v) is 5.62. The molecule has 2 heterocycles. The fourth-order valence-electron chi connectivity index (χ4n) is 1.98. The number of fused-ring (bicyclic) bond motifs is 1. The van der Waals surface area contributed by atoms with Crippen LogP contribution >= 0.6 is 0 Å². The zero-order chi connectivity index (χ0) is 14.3. The number of pyridine rings is 1. The highest BCUT2D eigenvalue weighted by Gasteiger charge is 2.45. The van der Waals surface area contributed by atoms with Gasteiger partial charge in [0.1, 0.15) is 5.82 Å². The molecule has 1 aromatic rings. The van der Waals surface area contributed by atoms with Crippen molar-refractivity contribution in [1.82, 2.24) is 4.98 Å². The van der Waals surface area contributed by atoms with Crippen LogP contribution in [-0.4, -0.2) is 11.5 Å². The summed E-state index contributed by atoms with van der Waals surface area (Å²) >= 11 is 0. The number of aryl methyl sites for hydroxylation is 1. The van der Waals surface area contributed by atoms with E-state index in [-0.39, 0.29) is 17.8 Å². The normalized spacial score (nSPS) is 16.5. The van der Waals surface area contributed by atoms with Crippen LogP contribution in [0.3, 0.4) is 0 Å². The molecule has 106 valence electrons. The number of halogens is 6. The monoisotopic (exact) mass is 284 g/mol. The van der Waals surface area contributed by atoms with Crippen LogP contribution in [0.4, 0.5) is 32.2 Å². The third kappa shape index (κ3) is 2.93. The highest BCUT2D eigenvalue weighted by molar-refractivity contribution is 5.49. The Morgan fingerprint density at radius 1 is 1.00 bits per heavy atom. The van der Waals surface area contributed by atoms with Crippen molar-refractivity contribution in [3.05, 3.63) is 22.9 Å². The topological polar surface area (TPSA) is 24.9 Å². The molecule has 0 atom stereocenters. The van der Waals surface area contributed by atoms with E-state index in [0.29, 0.717) is 25.5 Å². The molecule has 0 fully saturated rings. The summed E-state index contributed by atoms with van der Waals surface area (Å²) in [5.41, 5.74) is -3.42. The lowest BCUT2D eigenvalue weighted by atomic mass is 10.1. The summed E-state index contributed by atoms with van der Waals surface area (Å²) in [4.78, 5) is 3.15. The van der Waals surface area contributed by atoms with Gasteiger partial charge in [-0.1, -0.05) is 0 Å². The Labute approximate surface area is 104 Å². The molecule has 8 heteroatoms. The number of nitrogens with zero attached hydrogens (tertiary/aromatic N) is 1. The van der Waals surface area contributed by atoms with Gasteiger partial charge in [0.25, 0.3) is 0 Å². The van der Waals surface area contributed by atoms with Crippen LogP contribution < -0.4 is 5.32 Å². The smallest absolute Gasteiger partial charge is 0.370 e. The second kappa shape index (κ2) is 4.57. The Hall–Kier alpha value is -1.47. The predicted octanol–water partition coefficient (Wildman–Crippen LogP) is 3.87. The standard InChI is InChI=1S/C11H10F6N2/c12-10(13,14)7-5-6-3-1-2-4-18-9(6)19-8(7)11(15,16)17/h5H,1-4H2,(H,18,19). The van der Waals surface area contributed by atoms with Gasteiger partial charge in [0, 0.05) is 6.54 Å². The van der Waals surface area contributed by atoms with Crippen LogP contribution in [0.1, 0.15) is 29.7 Å². The Morgan fingerprint density at radius 2 is 1.68 bits per heavy atom. The van der Waals surface area contributed by atoms with Crippen LogP contribution in [0.5, 0.6) is 0 Å². The molecule has 1 aromatic heterocycles. The molecule has 0 aliphatic carbocycles. The second-order valence-corrected chi connectivity index (χ2v) is 4.27. The van der Waals surface area contributed by atoms with Crippen molar-refractivity contribution >= 4 is 5.82 Å². The van der Waals surface area contributed by atoms with Gasteiger partial charge in [-0.15, -0.1) is 0 Å². The van der Waals surface area contributed by atoms with E-state index >= 15 is 0 Å². The van der Waals surface area contributed by atoms with Crippen molar-refractivity contribution in [2.75, 3.05) is 11.9 Å². The average molecular weight is 284 g/mol. The summed E-state index contributed by atoms with van der Waals surface area (Å²) in [6, 6.07) is 0.559. The van der Waals surface area contributed by atoms with Gasteiger partial charge in [0.05, 0.1) is 5.56 Å². The molecule has 19 heavy (non-hydrogen) atoms. The lowest BCUT2D eigenvalue weighted by Crippen LogP contribution is -2.20. The average Bonchev–Trinajstić information content (AvgIpc) is 2.49. The van der Waals surface area contributed by atoms with Gasteiger partial charge in [0.2, 0.25) is 0 Å². The Kier molecular flexibility index (Phi) is 3.36. The third-order valence-corrected chi connectivity index (χ3v) is 2.84.